The lowest BCUT2D eigenvalue weighted by Crippen LogP contribution is -2.49. The second kappa shape index (κ2) is 11.2. The Balaban J connectivity index is 1.42. The first-order chi connectivity index (χ1) is 21.4. The van der Waals surface area contributed by atoms with Gasteiger partial charge < -0.3 is 25.6 Å². The lowest BCUT2D eigenvalue weighted by Gasteiger charge is -2.30. The number of hydrogen-bond acceptors (Lipinski definition) is 7. The predicted molar refractivity (Wildman–Crippen MR) is 159 cm³/mol. The summed E-state index contributed by atoms with van der Waals surface area (Å²) >= 11 is 6.26. The van der Waals surface area contributed by atoms with Crippen LogP contribution in [0, 0.1) is 18.7 Å². The lowest BCUT2D eigenvalue weighted by molar-refractivity contribution is -0.130. The molecule has 3 heterocycles. The molecule has 2 aromatic heterocycles. The minimum absolute atomic E-state index is 0.0237. The molecule has 45 heavy (non-hydrogen) atoms. The first-order valence-corrected chi connectivity index (χ1v) is 14.4. The van der Waals surface area contributed by atoms with Gasteiger partial charge in [-0.1, -0.05) is 11.6 Å². The van der Waals surface area contributed by atoms with E-state index in [4.69, 9.17) is 26.8 Å². The number of rotatable bonds is 9. The van der Waals surface area contributed by atoms with Crippen LogP contribution in [0.1, 0.15) is 40.2 Å². The van der Waals surface area contributed by atoms with Gasteiger partial charge in [0.1, 0.15) is 40.7 Å². The molecule has 9 nitrogen and oxygen atoms in total. The third kappa shape index (κ3) is 5.11. The minimum Gasteiger partial charge on any atom is -0.494 e. The Morgan fingerprint density at radius 3 is 2.53 bits per heavy atom. The number of nitrogens with two attached hydrogens (primary N) is 1. The fourth-order valence-electron chi connectivity index (χ4n) is 5.72. The fourth-order valence-corrected chi connectivity index (χ4v) is 5.88. The number of primary amides is 1. The molecule has 0 spiro atoms. The Morgan fingerprint density at radius 2 is 1.91 bits per heavy atom. The number of carbonyl (C=O) groups is 2. The van der Waals surface area contributed by atoms with Crippen LogP contribution in [0.2, 0.25) is 5.02 Å². The topological polar surface area (TPSA) is 137 Å². The average molecular weight is 641 g/mol. The SMILES string of the molecule is COc1cc(C(=O)NC[C@](O)(c2cc3c(c(-c4ccc(F)cc4)n2)OC[C@]3(C(N)=O)C(F)F)C2CC2)cc2cc(Cl)c(C)nc12. The van der Waals surface area contributed by atoms with E-state index < -0.39 is 47.6 Å². The maximum Gasteiger partial charge on any atom is 0.260 e. The van der Waals surface area contributed by atoms with Gasteiger partial charge in [-0.2, -0.15) is 0 Å². The number of pyridine rings is 2. The molecule has 0 bridgehead atoms. The molecule has 13 heteroatoms. The molecule has 0 radical (unpaired) electrons. The lowest BCUT2D eigenvalue weighted by atomic mass is 9.79. The number of amides is 2. The van der Waals surface area contributed by atoms with Gasteiger partial charge >= 0.3 is 0 Å². The molecule has 1 aliphatic carbocycles. The molecule has 2 aromatic carbocycles. The molecule has 2 atom stereocenters. The summed E-state index contributed by atoms with van der Waals surface area (Å²) in [5.41, 5.74) is 2.50. The van der Waals surface area contributed by atoms with Crippen LogP contribution in [-0.4, -0.2) is 53.6 Å². The zero-order valence-electron chi connectivity index (χ0n) is 24.2. The van der Waals surface area contributed by atoms with Crippen molar-refractivity contribution in [3.63, 3.8) is 0 Å². The summed E-state index contributed by atoms with van der Waals surface area (Å²) in [5, 5.41) is 15.8. The number of benzene rings is 2. The quantitative estimate of drug-likeness (QED) is 0.239. The fraction of sp³-hybridized carbons (Fsp3) is 0.312. The highest BCUT2D eigenvalue weighted by molar-refractivity contribution is 6.31. The highest BCUT2D eigenvalue weighted by atomic mass is 35.5. The molecule has 4 aromatic rings. The summed E-state index contributed by atoms with van der Waals surface area (Å²) in [5.74, 6) is -2.57. The van der Waals surface area contributed by atoms with Crippen molar-refractivity contribution in [3.05, 3.63) is 81.9 Å². The Bertz CT molecular complexity index is 1850. The molecule has 6 rings (SSSR count). The van der Waals surface area contributed by atoms with Crippen molar-refractivity contribution in [1.29, 1.82) is 0 Å². The van der Waals surface area contributed by atoms with E-state index in [1.807, 2.05) is 0 Å². The van der Waals surface area contributed by atoms with E-state index >= 15 is 0 Å². The van der Waals surface area contributed by atoms with E-state index in [9.17, 15) is 27.9 Å². The molecule has 1 aliphatic heterocycles. The van der Waals surface area contributed by atoms with Crippen molar-refractivity contribution in [2.75, 3.05) is 20.3 Å². The van der Waals surface area contributed by atoms with E-state index in [-0.39, 0.29) is 34.8 Å². The molecule has 4 N–H and O–H groups in total. The summed E-state index contributed by atoms with van der Waals surface area (Å²) in [6.07, 6.45) is -2.11. The predicted octanol–water partition coefficient (Wildman–Crippen LogP) is 4.81. The molecule has 2 amide bonds. The standard InChI is InChI=1S/C32H28ClF3N4O5/c1-15-22(33)10-17-9-18(11-23(44-2)25(17)39-15)28(41)38-13-32(43,19-5-6-19)24-12-21-27(45-14-31(21,29(35)36)30(37)42)26(40-24)16-3-7-20(34)8-4-16/h3-4,7-12,19,29,43H,5-6,13-14H2,1-2H3,(H2,37,42)(H,38,41)/t31-,32-/m1/s1. The minimum atomic E-state index is -3.24. The monoisotopic (exact) mass is 640 g/mol. The van der Waals surface area contributed by atoms with Crippen LogP contribution in [0.25, 0.3) is 22.2 Å². The molecule has 0 saturated heterocycles. The summed E-state index contributed by atoms with van der Waals surface area (Å²) < 4.78 is 54.0. The summed E-state index contributed by atoms with van der Waals surface area (Å²) in [7, 11) is 1.45. The maximum atomic E-state index is 14.6. The van der Waals surface area contributed by atoms with E-state index in [0.29, 0.717) is 45.8 Å². The number of hydrogen-bond donors (Lipinski definition) is 3. The van der Waals surface area contributed by atoms with Crippen molar-refractivity contribution in [1.82, 2.24) is 15.3 Å². The number of aryl methyl sites for hydroxylation is 1. The second-order valence-electron chi connectivity index (χ2n) is 11.4. The number of ether oxygens (including phenoxy) is 2. The van der Waals surface area contributed by atoms with Gasteiger partial charge in [0, 0.05) is 22.1 Å². The van der Waals surface area contributed by atoms with Gasteiger partial charge in [0.05, 0.1) is 30.1 Å². The van der Waals surface area contributed by atoms with Gasteiger partial charge in [0.2, 0.25) is 5.91 Å². The number of carbonyl (C=O) groups excluding carboxylic acids is 2. The molecular weight excluding hydrogens is 613 g/mol. The summed E-state index contributed by atoms with van der Waals surface area (Å²) in [6, 6.07) is 11.0. The molecule has 234 valence electrons. The number of halogens is 4. The van der Waals surface area contributed by atoms with E-state index in [0.717, 1.165) is 12.1 Å². The Morgan fingerprint density at radius 1 is 1.20 bits per heavy atom. The molecule has 1 fully saturated rings. The van der Waals surface area contributed by atoms with Crippen LogP contribution in [0.5, 0.6) is 11.5 Å². The largest absolute Gasteiger partial charge is 0.494 e. The molecule has 1 saturated carbocycles. The van der Waals surface area contributed by atoms with Crippen LogP contribution in [0.4, 0.5) is 13.2 Å². The van der Waals surface area contributed by atoms with E-state index in [1.165, 1.54) is 31.4 Å². The molecule has 0 unspecified atom stereocenters. The Labute approximate surface area is 260 Å². The molecular formula is C32H28ClF3N4O5. The zero-order chi connectivity index (χ0) is 32.3. The number of nitrogens with one attached hydrogen (secondary N) is 1. The first kappa shape index (κ1) is 30.6. The van der Waals surface area contributed by atoms with Gasteiger partial charge in [0.25, 0.3) is 12.3 Å². The van der Waals surface area contributed by atoms with Crippen LogP contribution in [0.15, 0.2) is 48.5 Å². The van der Waals surface area contributed by atoms with Gasteiger partial charge in [0.15, 0.2) is 5.41 Å². The summed E-state index contributed by atoms with van der Waals surface area (Å²) in [6.45, 7) is 0.656. The summed E-state index contributed by atoms with van der Waals surface area (Å²) in [4.78, 5) is 35.0. The van der Waals surface area contributed by atoms with Gasteiger partial charge in [-0.25, -0.2) is 23.1 Å². The molecule has 2 aliphatic rings. The first-order valence-electron chi connectivity index (χ1n) is 14.1. The van der Waals surface area contributed by atoms with Crippen molar-refractivity contribution < 1.29 is 37.3 Å². The highest BCUT2D eigenvalue weighted by Gasteiger charge is 2.56. The van der Waals surface area contributed by atoms with Gasteiger partial charge in [-0.15, -0.1) is 0 Å². The third-order valence-electron chi connectivity index (χ3n) is 8.54. The van der Waals surface area contributed by atoms with Crippen molar-refractivity contribution in [2.45, 2.75) is 37.2 Å². The van der Waals surface area contributed by atoms with E-state index in [1.54, 1.807) is 19.1 Å². The third-order valence-corrected chi connectivity index (χ3v) is 8.92. The maximum absolute atomic E-state index is 14.6. The number of aliphatic hydroxyl groups is 1. The van der Waals surface area contributed by atoms with Gasteiger partial charge in [-0.3, -0.25) is 9.59 Å². The normalized spacial score (nSPS) is 18.8. The number of methoxy groups -OCH3 is 1. The van der Waals surface area contributed by atoms with Crippen molar-refractivity contribution in [3.8, 4) is 22.8 Å². The van der Waals surface area contributed by atoms with Gasteiger partial charge in [-0.05, 0) is 74.2 Å². The Kier molecular flexibility index (Phi) is 7.60. The zero-order valence-corrected chi connectivity index (χ0v) is 24.9. The number of nitrogens with zero attached hydrogens (tertiary/aromatic N) is 2. The number of aromatic nitrogens is 2. The second-order valence-corrected chi connectivity index (χ2v) is 11.8. The number of alkyl halides is 2. The van der Waals surface area contributed by atoms with Crippen LogP contribution >= 0.6 is 11.6 Å². The van der Waals surface area contributed by atoms with Crippen LogP contribution in [-0.2, 0) is 15.8 Å². The van der Waals surface area contributed by atoms with Crippen molar-refractivity contribution >= 4 is 34.3 Å². The van der Waals surface area contributed by atoms with Crippen molar-refractivity contribution in [2.24, 2.45) is 11.7 Å². The van der Waals surface area contributed by atoms with Crippen LogP contribution in [0.3, 0.4) is 0 Å². The average Bonchev–Trinajstić information content (AvgIpc) is 3.80. The van der Waals surface area contributed by atoms with Crippen LogP contribution < -0.4 is 20.5 Å². The smallest absolute Gasteiger partial charge is 0.260 e. The van der Waals surface area contributed by atoms with E-state index in [2.05, 4.69) is 15.3 Å². The highest BCUT2D eigenvalue weighted by Crippen LogP contribution is 2.51. The number of fused-ring (bicyclic) bond motifs is 2. The Hall–Kier alpha value is -4.42.